The molecule has 0 aromatic rings. The molecule has 6 atom stereocenters. The Kier molecular flexibility index (Phi) is 1.54. The standard InChI is InChI=1S/C12H16O3/c1-5(2)8-9-6-3-13-11(9)15-12-10(8)7(6)4-14-12/h6-7,9-12H,3-4H2,1-2H3/t6-,7-,9-,10+,11+,12-/m0/s1. The minimum absolute atomic E-state index is 0.0218. The first-order valence-electron chi connectivity index (χ1n) is 5.83. The molecule has 82 valence electrons. The molecule has 0 aromatic carbocycles. The number of rotatable bonds is 0. The quantitative estimate of drug-likeness (QED) is 0.565. The van der Waals surface area contributed by atoms with Crippen molar-refractivity contribution in [2.45, 2.75) is 26.4 Å². The molecule has 4 fully saturated rings. The van der Waals surface area contributed by atoms with Crippen LogP contribution in [-0.2, 0) is 14.2 Å². The summed E-state index contributed by atoms with van der Waals surface area (Å²) in [5.74, 6) is 2.37. The van der Waals surface area contributed by atoms with Gasteiger partial charge in [0, 0.05) is 11.8 Å². The van der Waals surface area contributed by atoms with Gasteiger partial charge >= 0.3 is 0 Å². The van der Waals surface area contributed by atoms with Crippen LogP contribution in [0.4, 0.5) is 0 Å². The van der Waals surface area contributed by atoms with Gasteiger partial charge in [-0.25, -0.2) is 0 Å². The molecule has 2 bridgehead atoms. The average Bonchev–Trinajstić information content (AvgIpc) is 2.81. The average molecular weight is 208 g/mol. The van der Waals surface area contributed by atoms with Crippen LogP contribution in [0.5, 0.6) is 0 Å². The van der Waals surface area contributed by atoms with E-state index >= 15 is 0 Å². The van der Waals surface area contributed by atoms with Crippen molar-refractivity contribution in [2.24, 2.45) is 23.7 Å². The van der Waals surface area contributed by atoms with Crippen LogP contribution >= 0.6 is 0 Å². The number of hydrogen-bond acceptors (Lipinski definition) is 3. The smallest absolute Gasteiger partial charge is 0.167 e. The van der Waals surface area contributed by atoms with Gasteiger partial charge in [-0.15, -0.1) is 0 Å². The molecule has 0 unspecified atom stereocenters. The van der Waals surface area contributed by atoms with E-state index < -0.39 is 0 Å². The van der Waals surface area contributed by atoms with E-state index in [1.54, 1.807) is 5.57 Å². The van der Waals surface area contributed by atoms with Crippen LogP contribution in [0.15, 0.2) is 11.1 Å². The summed E-state index contributed by atoms with van der Waals surface area (Å²) in [4.78, 5) is 0. The molecule has 3 saturated heterocycles. The maximum atomic E-state index is 5.86. The van der Waals surface area contributed by atoms with Crippen molar-refractivity contribution in [3.05, 3.63) is 11.1 Å². The normalized spacial score (nSPS) is 55.2. The summed E-state index contributed by atoms with van der Waals surface area (Å²) >= 11 is 0. The van der Waals surface area contributed by atoms with Crippen LogP contribution in [0.3, 0.4) is 0 Å². The lowest BCUT2D eigenvalue weighted by atomic mass is 9.88. The van der Waals surface area contributed by atoms with Gasteiger partial charge < -0.3 is 14.2 Å². The van der Waals surface area contributed by atoms with E-state index in [0.717, 1.165) is 13.2 Å². The molecule has 3 heteroatoms. The zero-order valence-electron chi connectivity index (χ0n) is 9.10. The number of allylic oxidation sites excluding steroid dienone is 1. The first-order chi connectivity index (χ1) is 7.27. The van der Waals surface area contributed by atoms with Crippen molar-refractivity contribution < 1.29 is 14.2 Å². The lowest BCUT2D eigenvalue weighted by molar-refractivity contribution is -0.246. The van der Waals surface area contributed by atoms with Crippen LogP contribution in [0.2, 0.25) is 0 Å². The fraction of sp³-hybridized carbons (Fsp3) is 0.833. The third-order valence-electron chi connectivity index (χ3n) is 4.53. The highest BCUT2D eigenvalue weighted by Gasteiger charge is 2.64. The minimum atomic E-state index is -0.0218. The Morgan fingerprint density at radius 3 is 2.00 bits per heavy atom. The molecule has 4 rings (SSSR count). The van der Waals surface area contributed by atoms with Gasteiger partial charge in [0.25, 0.3) is 0 Å². The molecule has 15 heavy (non-hydrogen) atoms. The van der Waals surface area contributed by atoms with Crippen LogP contribution in [-0.4, -0.2) is 25.8 Å². The molecule has 1 aliphatic carbocycles. The third kappa shape index (κ3) is 0.884. The van der Waals surface area contributed by atoms with Gasteiger partial charge in [0.1, 0.15) is 0 Å². The van der Waals surface area contributed by atoms with E-state index in [4.69, 9.17) is 14.2 Å². The van der Waals surface area contributed by atoms with Crippen LogP contribution in [0.1, 0.15) is 13.8 Å². The van der Waals surface area contributed by atoms with Crippen molar-refractivity contribution in [3.63, 3.8) is 0 Å². The summed E-state index contributed by atoms with van der Waals surface area (Å²) in [6.45, 7) is 6.16. The highest BCUT2D eigenvalue weighted by molar-refractivity contribution is 5.30. The molecule has 3 aliphatic heterocycles. The third-order valence-corrected chi connectivity index (χ3v) is 4.53. The van der Waals surface area contributed by atoms with Gasteiger partial charge in [0.15, 0.2) is 12.6 Å². The second-order valence-electron chi connectivity index (χ2n) is 5.37. The molecule has 0 aromatic heterocycles. The lowest BCUT2D eigenvalue weighted by Gasteiger charge is -2.33. The second kappa shape index (κ2) is 2.65. The monoisotopic (exact) mass is 208 g/mol. The number of ether oxygens (including phenoxy) is 3. The Balaban J connectivity index is 1.90. The highest BCUT2D eigenvalue weighted by Crippen LogP contribution is 2.60. The van der Waals surface area contributed by atoms with Crippen molar-refractivity contribution in [2.75, 3.05) is 13.2 Å². The molecule has 0 spiro atoms. The van der Waals surface area contributed by atoms with Crippen LogP contribution < -0.4 is 0 Å². The minimum Gasteiger partial charge on any atom is -0.352 e. The van der Waals surface area contributed by atoms with E-state index in [-0.39, 0.29) is 12.6 Å². The predicted molar refractivity (Wildman–Crippen MR) is 52.9 cm³/mol. The molecule has 3 nitrogen and oxygen atoms in total. The Morgan fingerprint density at radius 2 is 1.53 bits per heavy atom. The maximum absolute atomic E-state index is 5.86. The summed E-state index contributed by atoms with van der Waals surface area (Å²) in [5.41, 5.74) is 3.04. The first kappa shape index (κ1) is 8.74. The molecule has 3 heterocycles. The molecule has 0 amide bonds. The molecular weight excluding hydrogens is 192 g/mol. The van der Waals surface area contributed by atoms with E-state index in [1.165, 1.54) is 5.57 Å². The van der Waals surface area contributed by atoms with E-state index in [9.17, 15) is 0 Å². The fourth-order valence-electron chi connectivity index (χ4n) is 4.03. The fourth-order valence-corrected chi connectivity index (χ4v) is 4.03. The van der Waals surface area contributed by atoms with Crippen LogP contribution in [0, 0.1) is 23.7 Å². The molecule has 1 saturated carbocycles. The Bertz CT molecular complexity index is 319. The molecule has 0 N–H and O–H groups in total. The SMILES string of the molecule is CC(C)=C1[C@@H]2[C@H]3OC[C@H]2[C@@H]2CO[C@H](O3)[C@H]12. The summed E-state index contributed by atoms with van der Waals surface area (Å²) in [7, 11) is 0. The largest absolute Gasteiger partial charge is 0.352 e. The van der Waals surface area contributed by atoms with Gasteiger partial charge in [-0.3, -0.25) is 0 Å². The molecule has 4 aliphatic rings. The summed E-state index contributed by atoms with van der Waals surface area (Å²) < 4.78 is 17.3. The zero-order valence-corrected chi connectivity index (χ0v) is 9.10. The lowest BCUT2D eigenvalue weighted by Crippen LogP contribution is -2.37. The van der Waals surface area contributed by atoms with Crippen LogP contribution in [0.25, 0.3) is 0 Å². The van der Waals surface area contributed by atoms with Gasteiger partial charge in [0.2, 0.25) is 0 Å². The van der Waals surface area contributed by atoms with Gasteiger partial charge in [-0.2, -0.15) is 0 Å². The zero-order chi connectivity index (χ0) is 10.2. The first-order valence-corrected chi connectivity index (χ1v) is 5.83. The van der Waals surface area contributed by atoms with Crippen molar-refractivity contribution in [1.29, 1.82) is 0 Å². The molecular formula is C12H16O3. The molecule has 0 radical (unpaired) electrons. The highest BCUT2D eigenvalue weighted by atomic mass is 16.8. The van der Waals surface area contributed by atoms with Gasteiger partial charge in [0.05, 0.1) is 13.2 Å². The second-order valence-corrected chi connectivity index (χ2v) is 5.37. The van der Waals surface area contributed by atoms with E-state index in [0.29, 0.717) is 23.7 Å². The Labute approximate surface area is 89.4 Å². The summed E-state index contributed by atoms with van der Waals surface area (Å²) in [6, 6.07) is 0. The predicted octanol–water partition coefficient (Wildman–Crippen LogP) is 1.54. The van der Waals surface area contributed by atoms with Crippen molar-refractivity contribution in [3.8, 4) is 0 Å². The van der Waals surface area contributed by atoms with E-state index in [2.05, 4.69) is 13.8 Å². The Hall–Kier alpha value is -0.380. The van der Waals surface area contributed by atoms with E-state index in [1.807, 2.05) is 0 Å². The van der Waals surface area contributed by atoms with Gasteiger partial charge in [-0.1, -0.05) is 11.1 Å². The maximum Gasteiger partial charge on any atom is 0.167 e. The van der Waals surface area contributed by atoms with Gasteiger partial charge in [-0.05, 0) is 25.7 Å². The van der Waals surface area contributed by atoms with Crippen molar-refractivity contribution in [1.82, 2.24) is 0 Å². The topological polar surface area (TPSA) is 27.7 Å². The summed E-state index contributed by atoms with van der Waals surface area (Å²) in [5, 5.41) is 0. The number of hydrogen-bond donors (Lipinski definition) is 0. The number of fused-ring (bicyclic) bond motifs is 1. The summed E-state index contributed by atoms with van der Waals surface area (Å²) in [6.07, 6.45) is -0.0436. The van der Waals surface area contributed by atoms with Crippen molar-refractivity contribution >= 4 is 0 Å². The Morgan fingerprint density at radius 1 is 1.00 bits per heavy atom.